The molecule has 0 aromatic heterocycles. The second-order valence-corrected chi connectivity index (χ2v) is 33.4. The number of aliphatic hydroxyl groups excluding tert-OH is 1. The summed E-state index contributed by atoms with van der Waals surface area (Å²) in [7, 11) is -9.92. The zero-order chi connectivity index (χ0) is 73.1. The van der Waals surface area contributed by atoms with Crippen molar-refractivity contribution in [2.45, 2.75) is 427 Å². The normalized spacial score (nSPS) is 14.3. The van der Waals surface area contributed by atoms with Crippen molar-refractivity contribution in [1.29, 1.82) is 0 Å². The third-order valence-electron chi connectivity index (χ3n) is 18.9. The van der Waals surface area contributed by atoms with Crippen LogP contribution in [0.25, 0.3) is 0 Å². The topological polar surface area (TPSA) is 237 Å². The smallest absolute Gasteiger partial charge is 0.462 e. The van der Waals surface area contributed by atoms with Gasteiger partial charge in [-0.25, -0.2) is 9.13 Å². The molecule has 0 radical (unpaired) electrons. The molecule has 0 aliphatic heterocycles. The molecule has 0 bridgehead atoms. The van der Waals surface area contributed by atoms with Crippen molar-refractivity contribution in [2.24, 2.45) is 23.7 Å². The Bertz CT molecular complexity index is 1940. The number of rotatable bonds is 77. The number of aliphatic hydroxyl groups is 1. The summed E-state index contributed by atoms with van der Waals surface area (Å²) in [5.41, 5.74) is 0. The number of hydrogen-bond donors (Lipinski definition) is 3. The third-order valence-corrected chi connectivity index (χ3v) is 20.8. The van der Waals surface area contributed by atoms with Crippen molar-refractivity contribution in [2.75, 3.05) is 39.6 Å². The lowest BCUT2D eigenvalue weighted by Crippen LogP contribution is -2.30. The Morgan fingerprint density at radius 1 is 0.283 bits per heavy atom. The van der Waals surface area contributed by atoms with Crippen molar-refractivity contribution < 1.29 is 80.2 Å². The number of phosphoric ester groups is 2. The first-order chi connectivity index (χ1) is 47.6. The summed E-state index contributed by atoms with van der Waals surface area (Å²) in [5, 5.41) is 10.6. The summed E-state index contributed by atoms with van der Waals surface area (Å²) in [6.07, 6.45) is 55.3. The molecule has 0 rings (SSSR count). The molecule has 0 saturated heterocycles. The molecule has 0 aliphatic rings. The number of phosphoric acid groups is 2. The van der Waals surface area contributed by atoms with Crippen LogP contribution in [0, 0.1) is 23.7 Å². The molecule has 0 fully saturated rings. The molecule has 0 aromatic rings. The van der Waals surface area contributed by atoms with Gasteiger partial charge in [-0.1, -0.05) is 357 Å². The molecule has 99 heavy (non-hydrogen) atoms. The molecule has 3 N–H and O–H groups in total. The van der Waals surface area contributed by atoms with Crippen molar-refractivity contribution in [1.82, 2.24) is 0 Å². The summed E-state index contributed by atoms with van der Waals surface area (Å²) in [4.78, 5) is 73.0. The van der Waals surface area contributed by atoms with Gasteiger partial charge >= 0.3 is 39.5 Å². The van der Waals surface area contributed by atoms with Gasteiger partial charge in [0.2, 0.25) is 0 Å². The van der Waals surface area contributed by atoms with Crippen LogP contribution in [-0.2, 0) is 65.4 Å². The Balaban J connectivity index is 5.27. The summed E-state index contributed by atoms with van der Waals surface area (Å²) < 4.78 is 68.7. The van der Waals surface area contributed by atoms with Crippen molar-refractivity contribution >= 4 is 39.5 Å². The molecule has 6 atom stereocenters. The van der Waals surface area contributed by atoms with Gasteiger partial charge in [-0.05, 0) is 49.4 Å². The molecule has 17 nitrogen and oxygen atoms in total. The van der Waals surface area contributed by atoms with Crippen LogP contribution in [0.2, 0.25) is 0 Å². The van der Waals surface area contributed by atoms with Gasteiger partial charge in [0.1, 0.15) is 19.3 Å². The van der Waals surface area contributed by atoms with Gasteiger partial charge in [-0.3, -0.25) is 37.3 Å². The van der Waals surface area contributed by atoms with Crippen LogP contribution in [0.15, 0.2) is 0 Å². The second kappa shape index (κ2) is 69.1. The molecule has 19 heteroatoms. The predicted molar refractivity (Wildman–Crippen MR) is 404 cm³/mol. The minimum absolute atomic E-state index is 0.106. The Labute approximate surface area is 607 Å². The predicted octanol–water partition coefficient (Wildman–Crippen LogP) is 23.6. The van der Waals surface area contributed by atoms with Gasteiger partial charge in [0.15, 0.2) is 12.2 Å². The Morgan fingerprint density at radius 2 is 0.485 bits per heavy atom. The molecule has 0 amide bonds. The fraction of sp³-hybridized carbons (Fsp3) is 0.950. The van der Waals surface area contributed by atoms with E-state index in [1.54, 1.807) is 0 Å². The van der Waals surface area contributed by atoms with E-state index in [9.17, 15) is 43.2 Å². The summed E-state index contributed by atoms with van der Waals surface area (Å²) >= 11 is 0. The minimum Gasteiger partial charge on any atom is -0.462 e. The molecular formula is C80H156O17P2. The van der Waals surface area contributed by atoms with Gasteiger partial charge < -0.3 is 33.8 Å². The highest BCUT2D eigenvalue weighted by atomic mass is 31.2. The number of carbonyl (C=O) groups excluding carboxylic acids is 4. The standard InChI is InChI=1S/C80H156O17P2/c1-9-73(8)59-51-43-35-30-31-37-45-53-61-78(83)91-67-76(97-80(85)63-55-47-39-29-23-17-20-26-34-42-50-58-72(6)7)69-95-99(88,89)93-65-74(81)64-92-98(86,87)94-68-75(66-90-77(82)60-52-44-36-27-21-16-15-19-25-33-41-49-57-71(4)5)96-79(84)62-54-46-38-28-22-14-12-10-11-13-18-24-32-40-48-56-70(2)3/h70-76,81H,9-69H2,1-8H3,(H,86,87)(H,88,89)/t73?,74-,75-,76-/m1/s1. The van der Waals surface area contributed by atoms with Crippen molar-refractivity contribution in [3.05, 3.63) is 0 Å². The lowest BCUT2D eigenvalue weighted by molar-refractivity contribution is -0.161. The van der Waals surface area contributed by atoms with E-state index in [0.29, 0.717) is 25.7 Å². The maximum absolute atomic E-state index is 13.1. The molecule has 0 heterocycles. The average molecular weight is 1450 g/mol. The van der Waals surface area contributed by atoms with E-state index < -0.39 is 97.5 Å². The van der Waals surface area contributed by atoms with E-state index >= 15 is 0 Å². The fourth-order valence-electron chi connectivity index (χ4n) is 12.2. The van der Waals surface area contributed by atoms with Crippen LogP contribution in [0.5, 0.6) is 0 Å². The number of hydrogen-bond acceptors (Lipinski definition) is 15. The fourth-order valence-corrected chi connectivity index (χ4v) is 13.8. The number of carbonyl (C=O) groups is 4. The van der Waals surface area contributed by atoms with Gasteiger partial charge in [-0.15, -0.1) is 0 Å². The van der Waals surface area contributed by atoms with Crippen LogP contribution in [-0.4, -0.2) is 96.7 Å². The zero-order valence-corrected chi connectivity index (χ0v) is 66.9. The summed E-state index contributed by atoms with van der Waals surface area (Å²) in [6.45, 7) is 14.3. The monoisotopic (exact) mass is 1450 g/mol. The van der Waals surface area contributed by atoms with E-state index in [4.69, 9.17) is 37.0 Å². The Kier molecular flexibility index (Phi) is 67.8. The summed E-state index contributed by atoms with van der Waals surface area (Å²) in [6, 6.07) is 0. The van der Waals surface area contributed by atoms with Gasteiger partial charge in [0.05, 0.1) is 26.4 Å². The first-order valence-electron chi connectivity index (χ1n) is 41.2. The Hall–Kier alpha value is -1.94. The molecular weight excluding hydrogens is 1290 g/mol. The first-order valence-corrected chi connectivity index (χ1v) is 44.2. The Morgan fingerprint density at radius 3 is 0.717 bits per heavy atom. The minimum atomic E-state index is -4.96. The summed E-state index contributed by atoms with van der Waals surface area (Å²) in [5.74, 6) is 1.01. The van der Waals surface area contributed by atoms with E-state index in [2.05, 4.69) is 55.4 Å². The van der Waals surface area contributed by atoms with Crippen LogP contribution >= 0.6 is 15.6 Å². The highest BCUT2D eigenvalue weighted by molar-refractivity contribution is 7.47. The zero-order valence-electron chi connectivity index (χ0n) is 65.1. The third kappa shape index (κ3) is 72.8. The lowest BCUT2D eigenvalue weighted by Gasteiger charge is -2.21. The maximum Gasteiger partial charge on any atom is 0.472 e. The maximum atomic E-state index is 13.1. The van der Waals surface area contributed by atoms with E-state index in [1.165, 1.54) is 212 Å². The van der Waals surface area contributed by atoms with Gasteiger partial charge in [0, 0.05) is 25.7 Å². The van der Waals surface area contributed by atoms with Crippen LogP contribution in [0.3, 0.4) is 0 Å². The van der Waals surface area contributed by atoms with E-state index in [1.807, 2.05) is 0 Å². The average Bonchev–Trinajstić information content (AvgIpc) is 1.05. The quantitative estimate of drug-likeness (QED) is 0.0222. The highest BCUT2D eigenvalue weighted by Gasteiger charge is 2.30. The SMILES string of the molecule is CCC(C)CCCCCCCCCCC(=O)OC[C@H](COP(=O)(O)OC[C@H](O)COP(=O)(O)OC[C@@H](COC(=O)CCCCCCCCCCCCCCC(C)C)OC(=O)CCCCCCCCCCCCCCCCCC(C)C)OC(=O)CCCCCCCCCCCCCC(C)C. The molecule has 588 valence electrons. The number of unbranched alkanes of at least 4 members (excludes halogenated alkanes) is 42. The first kappa shape index (κ1) is 97.1. The molecule has 0 aliphatic carbocycles. The molecule has 0 aromatic carbocycles. The van der Waals surface area contributed by atoms with Gasteiger partial charge in [0.25, 0.3) is 0 Å². The van der Waals surface area contributed by atoms with Crippen LogP contribution in [0.1, 0.15) is 409 Å². The second-order valence-electron chi connectivity index (χ2n) is 30.5. The largest absolute Gasteiger partial charge is 0.472 e. The van der Waals surface area contributed by atoms with Crippen LogP contribution < -0.4 is 0 Å². The lowest BCUT2D eigenvalue weighted by atomic mass is 9.99. The molecule has 0 saturated carbocycles. The van der Waals surface area contributed by atoms with Crippen molar-refractivity contribution in [3.8, 4) is 0 Å². The van der Waals surface area contributed by atoms with E-state index in [-0.39, 0.29) is 25.7 Å². The van der Waals surface area contributed by atoms with Crippen LogP contribution in [0.4, 0.5) is 0 Å². The van der Waals surface area contributed by atoms with Crippen molar-refractivity contribution in [3.63, 3.8) is 0 Å². The van der Waals surface area contributed by atoms with Gasteiger partial charge in [-0.2, -0.15) is 0 Å². The number of esters is 4. The number of ether oxygens (including phenoxy) is 4. The highest BCUT2D eigenvalue weighted by Crippen LogP contribution is 2.45. The molecule has 3 unspecified atom stereocenters. The van der Waals surface area contributed by atoms with E-state index in [0.717, 1.165) is 114 Å². The molecule has 0 spiro atoms.